The predicted molar refractivity (Wildman–Crippen MR) is 324 cm³/mol. The van der Waals surface area contributed by atoms with Crippen molar-refractivity contribution in [3.63, 3.8) is 0 Å². The number of ketones is 4. The standard InChI is InChI=1S/C56H78N20O11/c1-85-43-18-15-32(27-39(77)35(57)11-5-21-67-53(59)60)71-46(43)51(83)75-37(13-7-23-69-55(63)64)41(79)29-34-17-20-45(87-3)48(73-34)52(84)76-38(14-8-24-70-56(65)66)42(80)28-33-16-19-44(86-2)47(72-33)50(82)74-36(12-6-22-68-54(61)62)40(78)26-30-9-4-10-31(25-30)49(58)81/h4,9-10,15-20,25,35-38H,5-8,11-14,21-24,26-29,57H2,1-3H3,(H2,58,81)(H,74,82)(H,75,83)(H,76,84)(H4,59,60,67)(H4,61,62,68)(H4,63,64,69)(H4,65,66,70)/t35-,36-,37-,38-/m1/s1. The summed E-state index contributed by atoms with van der Waals surface area (Å²) in [5.41, 5.74) is 55.7. The molecule has 4 atom stereocenters. The van der Waals surface area contributed by atoms with Crippen LogP contribution in [0.2, 0.25) is 0 Å². The van der Waals surface area contributed by atoms with Gasteiger partial charge < -0.3 is 87.5 Å². The van der Waals surface area contributed by atoms with Crippen LogP contribution in [0.3, 0.4) is 0 Å². The van der Waals surface area contributed by atoms with Crippen molar-refractivity contribution in [3.05, 3.63) is 106 Å². The van der Waals surface area contributed by atoms with Gasteiger partial charge in [-0.25, -0.2) is 15.0 Å². The molecule has 0 radical (unpaired) electrons. The number of nitrogens with zero attached hydrogens (tertiary/aromatic N) is 7. The number of hydrogen-bond acceptors (Lipinski definition) is 19. The van der Waals surface area contributed by atoms with E-state index in [1.165, 1.54) is 69.9 Å². The average molecular weight is 1210 g/mol. The smallest absolute Gasteiger partial charge is 0.274 e. The molecule has 3 heterocycles. The summed E-state index contributed by atoms with van der Waals surface area (Å²) in [5, 5.41) is 8.16. The highest BCUT2D eigenvalue weighted by molar-refractivity contribution is 6.02. The second-order valence-electron chi connectivity index (χ2n) is 19.7. The molecule has 0 spiro atoms. The van der Waals surface area contributed by atoms with Gasteiger partial charge in [-0.3, -0.25) is 58.3 Å². The summed E-state index contributed by atoms with van der Waals surface area (Å²) >= 11 is 0. The fourth-order valence-corrected chi connectivity index (χ4v) is 8.62. The lowest BCUT2D eigenvalue weighted by molar-refractivity contribution is -0.121. The number of nitrogens with one attached hydrogen (secondary N) is 3. The molecule has 0 aliphatic heterocycles. The van der Waals surface area contributed by atoms with Crippen LogP contribution in [0.25, 0.3) is 0 Å². The van der Waals surface area contributed by atoms with Gasteiger partial charge in [0.15, 0.2) is 64.1 Å². The highest BCUT2D eigenvalue weighted by Gasteiger charge is 2.30. The van der Waals surface area contributed by atoms with E-state index >= 15 is 0 Å². The molecule has 0 bridgehead atoms. The summed E-state index contributed by atoms with van der Waals surface area (Å²) in [6, 6.07) is 10.4. The molecule has 31 heteroatoms. The molecular weight excluding hydrogens is 1130 g/mol. The zero-order valence-corrected chi connectivity index (χ0v) is 48.8. The first-order valence-corrected chi connectivity index (χ1v) is 27.4. The number of aliphatic imine (C=N–C) groups is 4. The van der Waals surface area contributed by atoms with Crippen LogP contribution in [0.5, 0.6) is 17.2 Å². The molecule has 31 nitrogen and oxygen atoms in total. The second kappa shape index (κ2) is 35.1. The van der Waals surface area contributed by atoms with E-state index in [0.29, 0.717) is 12.0 Å². The quantitative estimate of drug-likeness (QED) is 0.0124. The van der Waals surface area contributed by atoms with E-state index in [2.05, 4.69) is 50.9 Å². The molecule has 0 aliphatic rings. The molecule has 0 saturated heterocycles. The third-order valence-electron chi connectivity index (χ3n) is 13.0. The predicted octanol–water partition coefficient (Wildman–Crippen LogP) is -2.62. The lowest BCUT2D eigenvalue weighted by atomic mass is 9.98. The van der Waals surface area contributed by atoms with Crippen molar-refractivity contribution in [2.75, 3.05) is 47.5 Å². The Hall–Kier alpha value is -10.3. The van der Waals surface area contributed by atoms with Gasteiger partial charge in [-0.05, 0) is 105 Å². The Morgan fingerprint density at radius 3 is 1.08 bits per heavy atom. The molecule has 468 valence electrons. The van der Waals surface area contributed by atoms with Crippen molar-refractivity contribution >= 4 is 70.6 Å². The van der Waals surface area contributed by atoms with Crippen LogP contribution in [0.4, 0.5) is 0 Å². The number of rotatable bonds is 38. The van der Waals surface area contributed by atoms with Crippen molar-refractivity contribution in [1.82, 2.24) is 30.9 Å². The number of hydrogen-bond donors (Lipinski definition) is 13. The Morgan fingerprint density at radius 2 is 0.759 bits per heavy atom. The first-order chi connectivity index (χ1) is 41.4. The third kappa shape index (κ3) is 23.3. The molecule has 1 aromatic carbocycles. The van der Waals surface area contributed by atoms with E-state index < -0.39 is 78.0 Å². The summed E-state index contributed by atoms with van der Waals surface area (Å²) < 4.78 is 16.4. The van der Waals surface area contributed by atoms with Crippen LogP contribution in [0, 0.1) is 0 Å². The monoisotopic (exact) mass is 1210 g/mol. The van der Waals surface area contributed by atoms with Crippen LogP contribution in [0.1, 0.15) is 116 Å². The number of carbonyl (C=O) groups excluding carboxylic acids is 8. The summed E-state index contributed by atoms with van der Waals surface area (Å²) in [4.78, 5) is 139. The van der Waals surface area contributed by atoms with Crippen LogP contribution < -0.4 is 87.5 Å². The minimum absolute atomic E-state index is 0.00545. The van der Waals surface area contributed by atoms with Gasteiger partial charge in [0.05, 0.1) is 64.8 Å². The Labute approximate surface area is 501 Å². The largest absolute Gasteiger partial charge is 0.494 e. The number of primary amides is 1. The van der Waals surface area contributed by atoms with E-state index in [9.17, 15) is 38.4 Å². The molecule has 23 N–H and O–H groups in total. The van der Waals surface area contributed by atoms with E-state index in [4.69, 9.17) is 71.5 Å². The highest BCUT2D eigenvalue weighted by atomic mass is 16.5. The zero-order valence-electron chi connectivity index (χ0n) is 48.8. The fraction of sp³-hybridized carbons (Fsp3) is 0.411. The lowest BCUT2D eigenvalue weighted by Crippen LogP contribution is -2.43. The normalized spacial score (nSPS) is 12.1. The number of benzene rings is 1. The summed E-state index contributed by atoms with van der Waals surface area (Å²) in [7, 11) is 3.91. The van der Waals surface area contributed by atoms with Crippen LogP contribution in [-0.4, -0.2) is 157 Å². The van der Waals surface area contributed by atoms with Crippen LogP contribution in [0.15, 0.2) is 80.6 Å². The maximum Gasteiger partial charge on any atom is 0.274 e. The average Bonchev–Trinajstić information content (AvgIpc) is 3.19. The van der Waals surface area contributed by atoms with Crippen molar-refractivity contribution in [2.24, 2.45) is 77.3 Å². The number of aromatic nitrogens is 3. The number of methoxy groups -OCH3 is 3. The van der Waals surface area contributed by atoms with Gasteiger partial charge in [-0.2, -0.15) is 0 Å². The molecule has 4 aromatic rings. The first-order valence-electron chi connectivity index (χ1n) is 27.4. The Balaban J connectivity index is 1.60. The molecule has 87 heavy (non-hydrogen) atoms. The molecule has 0 unspecified atom stereocenters. The number of Topliss-reactive ketones (excluding diaryl/α,β-unsaturated/α-hetero) is 4. The zero-order chi connectivity index (χ0) is 64.2. The van der Waals surface area contributed by atoms with Gasteiger partial charge in [0.25, 0.3) is 17.7 Å². The van der Waals surface area contributed by atoms with Gasteiger partial charge in [-0.1, -0.05) is 12.1 Å². The van der Waals surface area contributed by atoms with Crippen LogP contribution in [-0.2, 0) is 44.9 Å². The minimum atomic E-state index is -1.25. The molecule has 0 aliphatic carbocycles. The molecule has 0 fully saturated rings. The number of guanidine groups is 4. The molecule has 4 amide bonds. The van der Waals surface area contributed by atoms with Crippen molar-refractivity contribution in [2.45, 2.75) is 101 Å². The SMILES string of the molecule is COc1ccc(CC(=O)[C@H](N)CCCN=C(N)N)nc1C(=O)N[C@H](CCCN=C(N)N)C(=O)Cc1ccc(OC)c(C(=O)N[C@H](CCCN=C(N)N)C(=O)Cc2ccc(OC)c(C(=O)N[C@H](CCCN=C(N)N)C(=O)Cc3cccc(C(N)=O)c3)n2)n1. The Kier molecular flexibility index (Phi) is 27.9. The third-order valence-corrected chi connectivity index (χ3v) is 13.0. The number of nitrogens with two attached hydrogens (primary N) is 10. The van der Waals surface area contributed by atoms with Gasteiger partial charge in [0, 0.05) is 55.2 Å². The lowest BCUT2D eigenvalue weighted by Gasteiger charge is -2.20. The van der Waals surface area contributed by atoms with E-state index in [0.717, 1.165) is 0 Å². The van der Waals surface area contributed by atoms with E-state index in [-0.39, 0.29) is 171 Å². The van der Waals surface area contributed by atoms with Crippen molar-refractivity contribution in [1.29, 1.82) is 0 Å². The summed E-state index contributed by atoms with van der Waals surface area (Å²) in [6.45, 7) is 0.593. The maximum atomic E-state index is 14.3. The topological polar surface area (TPSA) is 549 Å². The summed E-state index contributed by atoms with van der Waals surface area (Å²) in [5.74, 6) is -5.74. The van der Waals surface area contributed by atoms with Crippen LogP contribution >= 0.6 is 0 Å². The van der Waals surface area contributed by atoms with Gasteiger partial charge in [0.2, 0.25) is 5.91 Å². The Bertz CT molecular complexity index is 3210. The number of ether oxygens (including phenoxy) is 3. The highest BCUT2D eigenvalue weighted by Crippen LogP contribution is 2.23. The van der Waals surface area contributed by atoms with E-state index in [1.807, 2.05) is 0 Å². The number of carbonyl (C=O) groups is 8. The molecular formula is C56H78N20O11. The van der Waals surface area contributed by atoms with Crippen molar-refractivity contribution < 1.29 is 52.6 Å². The minimum Gasteiger partial charge on any atom is -0.494 e. The summed E-state index contributed by atoms with van der Waals surface area (Å²) in [6.07, 6.45) is 0.256. The first kappa shape index (κ1) is 69.2. The number of amides is 4. The van der Waals surface area contributed by atoms with Crippen molar-refractivity contribution in [3.8, 4) is 17.2 Å². The molecule has 4 rings (SSSR count). The van der Waals surface area contributed by atoms with E-state index in [1.54, 1.807) is 12.1 Å². The maximum absolute atomic E-state index is 14.3. The van der Waals surface area contributed by atoms with Gasteiger partial charge in [-0.15, -0.1) is 0 Å². The fourth-order valence-electron chi connectivity index (χ4n) is 8.62. The van der Waals surface area contributed by atoms with Gasteiger partial charge >= 0.3 is 0 Å². The Morgan fingerprint density at radius 1 is 0.437 bits per heavy atom. The second-order valence-corrected chi connectivity index (χ2v) is 19.7. The number of pyridine rings is 3. The van der Waals surface area contributed by atoms with Gasteiger partial charge in [0.1, 0.15) is 17.2 Å². The molecule has 3 aromatic heterocycles. The molecule has 0 saturated carbocycles.